The van der Waals surface area contributed by atoms with Gasteiger partial charge in [-0.2, -0.15) is 0 Å². The number of carbonyl (C=O) groups excluding carboxylic acids is 1. The van der Waals surface area contributed by atoms with E-state index in [2.05, 4.69) is 18.3 Å². The minimum atomic E-state index is 0.103. The van der Waals surface area contributed by atoms with Crippen molar-refractivity contribution in [2.24, 2.45) is 0 Å². The Bertz CT molecular complexity index is 488. The van der Waals surface area contributed by atoms with Crippen LogP contribution in [0.3, 0.4) is 0 Å². The van der Waals surface area contributed by atoms with E-state index in [0.29, 0.717) is 6.54 Å². The smallest absolute Gasteiger partial charge is 0.256 e. The summed E-state index contributed by atoms with van der Waals surface area (Å²) in [6.45, 7) is 9.25. The summed E-state index contributed by atoms with van der Waals surface area (Å²) < 4.78 is 5.62. The second-order valence-electron chi connectivity index (χ2n) is 5.76. The van der Waals surface area contributed by atoms with Crippen LogP contribution >= 0.6 is 0 Å². The second kappa shape index (κ2) is 7.46. The minimum Gasteiger partial charge on any atom is -0.384 e. The lowest BCUT2D eigenvalue weighted by atomic mass is 10.1. The normalized spacial score (nSPS) is 19.2. The molecule has 0 radical (unpaired) electrons. The molecule has 1 N–H and O–H groups in total. The SMILES string of the molecule is CCCNc1cc(C)ccc1C(=O)N1CCCOC(C)C1. The largest absolute Gasteiger partial charge is 0.384 e. The fourth-order valence-corrected chi connectivity index (χ4v) is 2.60. The summed E-state index contributed by atoms with van der Waals surface area (Å²) in [5, 5.41) is 3.37. The molecule has 1 saturated heterocycles. The molecular weight excluding hydrogens is 264 g/mol. The molecule has 21 heavy (non-hydrogen) atoms. The Morgan fingerprint density at radius 1 is 1.48 bits per heavy atom. The molecule has 4 nitrogen and oxygen atoms in total. The maximum Gasteiger partial charge on any atom is 0.256 e. The lowest BCUT2D eigenvalue weighted by molar-refractivity contribution is 0.0563. The number of nitrogens with zero attached hydrogens (tertiary/aromatic N) is 1. The van der Waals surface area contributed by atoms with Gasteiger partial charge in [-0.1, -0.05) is 13.0 Å². The average Bonchev–Trinajstić information content (AvgIpc) is 2.69. The van der Waals surface area contributed by atoms with Crippen molar-refractivity contribution in [1.82, 2.24) is 4.90 Å². The first-order valence-electron chi connectivity index (χ1n) is 7.87. The molecule has 0 saturated carbocycles. The van der Waals surface area contributed by atoms with E-state index < -0.39 is 0 Å². The van der Waals surface area contributed by atoms with Crippen LogP contribution in [0.5, 0.6) is 0 Å². The number of ether oxygens (including phenoxy) is 1. The Balaban J connectivity index is 2.20. The molecule has 0 spiro atoms. The second-order valence-corrected chi connectivity index (χ2v) is 5.76. The molecule has 1 aliphatic rings. The maximum absolute atomic E-state index is 12.8. The van der Waals surface area contributed by atoms with Crippen molar-refractivity contribution in [2.75, 3.05) is 31.6 Å². The number of hydrogen-bond acceptors (Lipinski definition) is 3. The molecule has 1 fully saturated rings. The molecule has 0 aromatic heterocycles. The summed E-state index contributed by atoms with van der Waals surface area (Å²) in [6.07, 6.45) is 2.05. The Labute approximate surface area is 127 Å². The van der Waals surface area contributed by atoms with Crippen molar-refractivity contribution in [2.45, 2.75) is 39.7 Å². The van der Waals surface area contributed by atoms with Crippen molar-refractivity contribution in [3.8, 4) is 0 Å². The van der Waals surface area contributed by atoms with Gasteiger partial charge in [0.05, 0.1) is 11.7 Å². The van der Waals surface area contributed by atoms with Crippen LogP contribution in [0.4, 0.5) is 5.69 Å². The Kier molecular flexibility index (Phi) is 5.62. The minimum absolute atomic E-state index is 0.103. The highest BCUT2D eigenvalue weighted by atomic mass is 16.5. The molecule has 1 aliphatic heterocycles. The molecule has 1 unspecified atom stereocenters. The van der Waals surface area contributed by atoms with Crippen LogP contribution in [0.1, 0.15) is 42.6 Å². The number of carbonyl (C=O) groups is 1. The molecular formula is C17H26N2O2. The number of amides is 1. The van der Waals surface area contributed by atoms with Gasteiger partial charge in [-0.3, -0.25) is 4.79 Å². The zero-order valence-corrected chi connectivity index (χ0v) is 13.3. The molecule has 0 aliphatic carbocycles. The first-order chi connectivity index (χ1) is 10.1. The number of aryl methyl sites for hydroxylation is 1. The van der Waals surface area contributed by atoms with Crippen LogP contribution in [0, 0.1) is 6.92 Å². The summed E-state index contributed by atoms with van der Waals surface area (Å²) in [5.41, 5.74) is 2.88. The third kappa shape index (κ3) is 4.21. The highest BCUT2D eigenvalue weighted by Crippen LogP contribution is 2.21. The lowest BCUT2D eigenvalue weighted by Gasteiger charge is -2.24. The van der Waals surface area contributed by atoms with Gasteiger partial charge in [-0.25, -0.2) is 0 Å². The summed E-state index contributed by atoms with van der Waals surface area (Å²) in [5.74, 6) is 0.103. The quantitative estimate of drug-likeness (QED) is 0.926. The summed E-state index contributed by atoms with van der Waals surface area (Å²) in [7, 11) is 0. The molecule has 1 aromatic rings. The first kappa shape index (κ1) is 15.8. The molecule has 2 rings (SSSR count). The molecule has 1 atom stereocenters. The molecule has 0 bridgehead atoms. The van der Waals surface area contributed by atoms with Gasteiger partial charge in [0.2, 0.25) is 0 Å². The van der Waals surface area contributed by atoms with Gasteiger partial charge in [0.1, 0.15) is 0 Å². The van der Waals surface area contributed by atoms with Gasteiger partial charge < -0.3 is 15.0 Å². The fourth-order valence-electron chi connectivity index (χ4n) is 2.60. The summed E-state index contributed by atoms with van der Waals surface area (Å²) >= 11 is 0. The standard InChI is InChI=1S/C17H26N2O2/c1-4-8-18-16-11-13(2)6-7-15(16)17(20)19-9-5-10-21-14(3)12-19/h6-7,11,14,18H,4-5,8-10,12H2,1-3H3. The van der Waals surface area contributed by atoms with Crippen LogP contribution in [0.2, 0.25) is 0 Å². The molecule has 116 valence electrons. The number of anilines is 1. The van der Waals surface area contributed by atoms with Gasteiger partial charge in [-0.15, -0.1) is 0 Å². The van der Waals surface area contributed by atoms with Crippen LogP contribution in [0.25, 0.3) is 0 Å². The van der Waals surface area contributed by atoms with Crippen LogP contribution < -0.4 is 5.32 Å². The third-order valence-electron chi connectivity index (χ3n) is 3.71. The van der Waals surface area contributed by atoms with E-state index in [1.807, 2.05) is 30.9 Å². The van der Waals surface area contributed by atoms with E-state index in [1.165, 1.54) is 0 Å². The van der Waals surface area contributed by atoms with E-state index >= 15 is 0 Å². The van der Waals surface area contributed by atoms with Crippen LogP contribution in [-0.4, -0.2) is 43.2 Å². The number of nitrogens with one attached hydrogen (secondary N) is 1. The highest BCUT2D eigenvalue weighted by Gasteiger charge is 2.22. The van der Waals surface area contributed by atoms with Crippen molar-refractivity contribution in [1.29, 1.82) is 0 Å². The van der Waals surface area contributed by atoms with Crippen molar-refractivity contribution in [3.05, 3.63) is 29.3 Å². The van der Waals surface area contributed by atoms with Gasteiger partial charge >= 0.3 is 0 Å². The predicted molar refractivity (Wildman–Crippen MR) is 85.9 cm³/mol. The number of benzene rings is 1. The zero-order chi connectivity index (χ0) is 15.2. The van der Waals surface area contributed by atoms with Crippen LogP contribution in [0.15, 0.2) is 18.2 Å². The fraction of sp³-hybridized carbons (Fsp3) is 0.588. The maximum atomic E-state index is 12.8. The van der Waals surface area contributed by atoms with E-state index in [-0.39, 0.29) is 12.0 Å². The van der Waals surface area contributed by atoms with Gasteiger partial charge in [-0.05, 0) is 44.4 Å². The van der Waals surface area contributed by atoms with E-state index in [4.69, 9.17) is 4.74 Å². The van der Waals surface area contributed by atoms with Crippen molar-refractivity contribution < 1.29 is 9.53 Å². The topological polar surface area (TPSA) is 41.6 Å². The third-order valence-corrected chi connectivity index (χ3v) is 3.71. The van der Waals surface area contributed by atoms with Gasteiger partial charge in [0.15, 0.2) is 0 Å². The molecule has 1 heterocycles. The van der Waals surface area contributed by atoms with Crippen molar-refractivity contribution >= 4 is 11.6 Å². The van der Waals surface area contributed by atoms with E-state index in [9.17, 15) is 4.79 Å². The Morgan fingerprint density at radius 2 is 2.29 bits per heavy atom. The van der Waals surface area contributed by atoms with Gasteiger partial charge in [0, 0.05) is 31.9 Å². The molecule has 1 aromatic carbocycles. The Hall–Kier alpha value is -1.55. The summed E-state index contributed by atoms with van der Waals surface area (Å²) in [4.78, 5) is 14.7. The monoisotopic (exact) mass is 290 g/mol. The molecule has 4 heteroatoms. The Morgan fingerprint density at radius 3 is 3.05 bits per heavy atom. The van der Waals surface area contributed by atoms with Crippen molar-refractivity contribution in [3.63, 3.8) is 0 Å². The predicted octanol–water partition coefficient (Wildman–Crippen LogP) is 3.07. The number of hydrogen-bond donors (Lipinski definition) is 1. The summed E-state index contributed by atoms with van der Waals surface area (Å²) in [6, 6.07) is 5.99. The number of rotatable bonds is 4. The van der Waals surface area contributed by atoms with Crippen LogP contribution in [-0.2, 0) is 4.74 Å². The zero-order valence-electron chi connectivity index (χ0n) is 13.3. The van der Waals surface area contributed by atoms with Gasteiger partial charge in [0.25, 0.3) is 5.91 Å². The van der Waals surface area contributed by atoms with E-state index in [0.717, 1.165) is 49.4 Å². The lowest BCUT2D eigenvalue weighted by Crippen LogP contribution is -2.36. The average molecular weight is 290 g/mol. The van der Waals surface area contributed by atoms with E-state index in [1.54, 1.807) is 0 Å². The highest BCUT2D eigenvalue weighted by molar-refractivity contribution is 5.99. The molecule has 1 amide bonds. The first-order valence-corrected chi connectivity index (χ1v) is 7.87.